The van der Waals surface area contributed by atoms with Crippen LogP contribution in [0.1, 0.15) is 5.56 Å². The van der Waals surface area contributed by atoms with Gasteiger partial charge >= 0.3 is 0 Å². The molecule has 3 aromatic carbocycles. The highest BCUT2D eigenvalue weighted by Crippen LogP contribution is 2.30. The minimum absolute atomic E-state index is 0.0759. The number of nitriles is 1. The van der Waals surface area contributed by atoms with E-state index in [2.05, 4.69) is 5.32 Å². The second-order valence-corrected chi connectivity index (χ2v) is 6.14. The average Bonchev–Trinajstić information content (AvgIpc) is 2.79. The summed E-state index contributed by atoms with van der Waals surface area (Å²) in [7, 11) is 3.06. The van der Waals surface area contributed by atoms with Gasteiger partial charge in [-0.1, -0.05) is 30.3 Å². The molecule has 0 saturated heterocycles. The van der Waals surface area contributed by atoms with E-state index in [0.29, 0.717) is 34.2 Å². The second kappa shape index (κ2) is 9.80. The molecule has 0 bridgehead atoms. The topological polar surface area (TPSA) is 80.6 Å². The summed E-state index contributed by atoms with van der Waals surface area (Å²) in [4.78, 5) is 12.8. The lowest BCUT2D eigenvalue weighted by Crippen LogP contribution is -2.14. The van der Waals surface area contributed by atoms with Gasteiger partial charge in [-0.25, -0.2) is 0 Å². The van der Waals surface area contributed by atoms with Crippen molar-refractivity contribution >= 4 is 17.7 Å². The maximum Gasteiger partial charge on any atom is 0.266 e. The SMILES string of the molecule is COc1ccc(/C=C(\C#N)C(=O)Nc2ccccc2Oc2ccccc2)c(OC)c1. The van der Waals surface area contributed by atoms with E-state index in [-0.39, 0.29) is 5.57 Å². The number of methoxy groups -OCH3 is 2. The van der Waals surface area contributed by atoms with Gasteiger partial charge in [0.1, 0.15) is 28.9 Å². The summed E-state index contributed by atoms with van der Waals surface area (Å²) < 4.78 is 16.4. The van der Waals surface area contributed by atoms with Gasteiger partial charge in [0, 0.05) is 11.6 Å². The Labute approximate surface area is 174 Å². The van der Waals surface area contributed by atoms with Crippen LogP contribution in [-0.4, -0.2) is 20.1 Å². The first-order chi connectivity index (χ1) is 14.6. The Morgan fingerprint density at radius 1 is 0.900 bits per heavy atom. The number of para-hydroxylation sites is 3. The smallest absolute Gasteiger partial charge is 0.266 e. The number of carbonyl (C=O) groups excluding carboxylic acids is 1. The average molecular weight is 400 g/mol. The fourth-order valence-corrected chi connectivity index (χ4v) is 2.71. The van der Waals surface area contributed by atoms with Crippen LogP contribution in [-0.2, 0) is 4.79 Å². The zero-order valence-electron chi connectivity index (χ0n) is 16.6. The molecule has 0 aliphatic carbocycles. The molecule has 150 valence electrons. The third-order valence-electron chi connectivity index (χ3n) is 4.21. The van der Waals surface area contributed by atoms with Gasteiger partial charge in [0.05, 0.1) is 19.9 Å². The van der Waals surface area contributed by atoms with Crippen molar-refractivity contribution in [2.24, 2.45) is 0 Å². The molecule has 0 heterocycles. The second-order valence-electron chi connectivity index (χ2n) is 6.14. The van der Waals surface area contributed by atoms with Crippen molar-refractivity contribution in [1.82, 2.24) is 0 Å². The van der Waals surface area contributed by atoms with Crippen LogP contribution in [0.2, 0.25) is 0 Å². The number of nitrogens with one attached hydrogen (secondary N) is 1. The number of hydrogen-bond donors (Lipinski definition) is 1. The van der Waals surface area contributed by atoms with Gasteiger partial charge in [-0.15, -0.1) is 0 Å². The quantitative estimate of drug-likeness (QED) is 0.444. The first kappa shape index (κ1) is 20.5. The standard InChI is InChI=1S/C24H20N2O4/c1-28-20-13-12-17(23(15-20)29-2)14-18(16-25)24(27)26-21-10-6-7-11-22(21)30-19-8-4-3-5-9-19/h3-15H,1-2H3,(H,26,27)/b18-14+. The Hall–Kier alpha value is -4.24. The third kappa shape index (κ3) is 4.97. The van der Waals surface area contributed by atoms with E-state index in [1.54, 1.807) is 49.6 Å². The van der Waals surface area contributed by atoms with Gasteiger partial charge in [-0.3, -0.25) is 4.79 Å². The van der Waals surface area contributed by atoms with Crippen LogP contribution in [0, 0.1) is 11.3 Å². The van der Waals surface area contributed by atoms with E-state index in [9.17, 15) is 10.1 Å². The van der Waals surface area contributed by atoms with Crippen LogP contribution in [0.4, 0.5) is 5.69 Å². The lowest BCUT2D eigenvalue weighted by molar-refractivity contribution is -0.112. The Bertz CT molecular complexity index is 1100. The number of amides is 1. The van der Waals surface area contributed by atoms with Crippen molar-refractivity contribution < 1.29 is 19.0 Å². The predicted molar refractivity (Wildman–Crippen MR) is 115 cm³/mol. The third-order valence-corrected chi connectivity index (χ3v) is 4.21. The molecular weight excluding hydrogens is 380 g/mol. The van der Waals surface area contributed by atoms with Gasteiger partial charge in [-0.2, -0.15) is 5.26 Å². The molecule has 0 radical (unpaired) electrons. The largest absolute Gasteiger partial charge is 0.497 e. The fourth-order valence-electron chi connectivity index (χ4n) is 2.71. The number of ether oxygens (including phenoxy) is 3. The minimum atomic E-state index is -0.556. The van der Waals surface area contributed by atoms with Crippen molar-refractivity contribution in [2.45, 2.75) is 0 Å². The lowest BCUT2D eigenvalue weighted by atomic mass is 10.1. The molecule has 0 aromatic heterocycles. The van der Waals surface area contributed by atoms with E-state index < -0.39 is 5.91 Å². The summed E-state index contributed by atoms with van der Waals surface area (Å²) in [5.41, 5.74) is 0.959. The molecule has 1 amide bonds. The summed E-state index contributed by atoms with van der Waals surface area (Å²) in [5, 5.41) is 12.3. The molecular formula is C24H20N2O4. The Balaban J connectivity index is 1.85. The molecule has 0 aliphatic heterocycles. The number of hydrogen-bond acceptors (Lipinski definition) is 5. The number of anilines is 1. The molecule has 0 fully saturated rings. The molecule has 6 heteroatoms. The molecule has 6 nitrogen and oxygen atoms in total. The number of rotatable bonds is 7. The molecule has 0 unspecified atom stereocenters. The number of benzene rings is 3. The normalized spacial score (nSPS) is 10.6. The van der Waals surface area contributed by atoms with E-state index in [0.717, 1.165) is 0 Å². The Morgan fingerprint density at radius 3 is 2.33 bits per heavy atom. The van der Waals surface area contributed by atoms with Gasteiger partial charge in [-0.05, 0) is 42.5 Å². The lowest BCUT2D eigenvalue weighted by Gasteiger charge is -2.12. The first-order valence-electron chi connectivity index (χ1n) is 9.11. The number of nitrogens with zero attached hydrogens (tertiary/aromatic N) is 1. The van der Waals surface area contributed by atoms with Crippen LogP contribution in [0.5, 0.6) is 23.0 Å². The molecule has 3 rings (SSSR count). The van der Waals surface area contributed by atoms with Gasteiger partial charge in [0.2, 0.25) is 0 Å². The van der Waals surface area contributed by atoms with Crippen LogP contribution < -0.4 is 19.5 Å². The fraction of sp³-hybridized carbons (Fsp3) is 0.0833. The van der Waals surface area contributed by atoms with Crippen LogP contribution in [0.3, 0.4) is 0 Å². The summed E-state index contributed by atoms with van der Waals surface area (Å²) in [5.74, 6) is 1.65. The van der Waals surface area contributed by atoms with Crippen molar-refractivity contribution in [1.29, 1.82) is 5.26 Å². The maximum atomic E-state index is 12.8. The zero-order valence-corrected chi connectivity index (χ0v) is 16.6. The van der Waals surface area contributed by atoms with Crippen LogP contribution in [0.15, 0.2) is 78.4 Å². The highest BCUT2D eigenvalue weighted by atomic mass is 16.5. The van der Waals surface area contributed by atoms with Gasteiger partial charge in [0.25, 0.3) is 5.91 Å². The summed E-state index contributed by atoms with van der Waals surface area (Å²) in [6, 6.07) is 23.3. The van der Waals surface area contributed by atoms with E-state index in [1.165, 1.54) is 13.2 Å². The molecule has 0 spiro atoms. The van der Waals surface area contributed by atoms with E-state index in [1.807, 2.05) is 36.4 Å². The zero-order chi connectivity index (χ0) is 21.3. The highest BCUT2D eigenvalue weighted by molar-refractivity contribution is 6.10. The summed E-state index contributed by atoms with van der Waals surface area (Å²) in [6.07, 6.45) is 1.47. The Morgan fingerprint density at radius 2 is 1.63 bits per heavy atom. The van der Waals surface area contributed by atoms with Crippen molar-refractivity contribution in [3.63, 3.8) is 0 Å². The first-order valence-corrected chi connectivity index (χ1v) is 9.11. The van der Waals surface area contributed by atoms with Crippen molar-refractivity contribution in [2.75, 3.05) is 19.5 Å². The molecule has 0 aliphatic rings. The van der Waals surface area contributed by atoms with Crippen molar-refractivity contribution in [3.05, 3.63) is 83.9 Å². The van der Waals surface area contributed by atoms with E-state index in [4.69, 9.17) is 14.2 Å². The van der Waals surface area contributed by atoms with Crippen LogP contribution in [0.25, 0.3) is 6.08 Å². The monoisotopic (exact) mass is 400 g/mol. The summed E-state index contributed by atoms with van der Waals surface area (Å²) in [6.45, 7) is 0. The van der Waals surface area contributed by atoms with Crippen LogP contribution >= 0.6 is 0 Å². The van der Waals surface area contributed by atoms with Gasteiger partial charge < -0.3 is 19.5 Å². The molecule has 0 saturated carbocycles. The van der Waals surface area contributed by atoms with E-state index >= 15 is 0 Å². The molecule has 3 aromatic rings. The maximum absolute atomic E-state index is 12.8. The van der Waals surface area contributed by atoms with Crippen molar-refractivity contribution in [3.8, 4) is 29.1 Å². The predicted octanol–water partition coefficient (Wildman–Crippen LogP) is 5.04. The molecule has 1 N–H and O–H groups in total. The summed E-state index contributed by atoms with van der Waals surface area (Å²) >= 11 is 0. The molecule has 0 atom stereocenters. The Kier molecular flexibility index (Phi) is 6.70. The number of carbonyl (C=O) groups is 1. The van der Waals surface area contributed by atoms with Gasteiger partial charge in [0.15, 0.2) is 5.75 Å². The minimum Gasteiger partial charge on any atom is -0.497 e. The molecule has 30 heavy (non-hydrogen) atoms. The highest BCUT2D eigenvalue weighted by Gasteiger charge is 2.14.